The second kappa shape index (κ2) is 6.83. The maximum absolute atomic E-state index is 8.63. The lowest BCUT2D eigenvalue weighted by Gasteiger charge is -2.11. The number of aliphatic hydroxyl groups is 1. The second-order valence-corrected chi connectivity index (χ2v) is 4.17. The molecule has 0 radical (unpaired) electrons. The summed E-state index contributed by atoms with van der Waals surface area (Å²) in [6.07, 6.45) is 3.93. The van der Waals surface area contributed by atoms with Gasteiger partial charge in [0.2, 0.25) is 0 Å². The molecule has 0 bridgehead atoms. The number of nitrogens with two attached hydrogens (primary N) is 1. The largest absolute Gasteiger partial charge is 0.396 e. The van der Waals surface area contributed by atoms with Gasteiger partial charge in [0.05, 0.1) is 0 Å². The fraction of sp³-hybridized carbons (Fsp3) is 0.500. The molecule has 0 saturated heterocycles. The first-order valence-electron chi connectivity index (χ1n) is 5.36. The van der Waals surface area contributed by atoms with Crippen LogP contribution >= 0.6 is 11.6 Å². The van der Waals surface area contributed by atoms with E-state index in [1.54, 1.807) is 0 Å². The number of benzene rings is 1. The molecular formula is C12H18ClNO. The number of unbranched alkanes of at least 4 members (excludes halogenated alkanes) is 2. The third kappa shape index (κ3) is 4.65. The van der Waals surface area contributed by atoms with Gasteiger partial charge in [0, 0.05) is 17.7 Å². The highest BCUT2D eigenvalue weighted by molar-refractivity contribution is 6.30. The first kappa shape index (κ1) is 12.5. The fourth-order valence-electron chi connectivity index (χ4n) is 1.53. The van der Waals surface area contributed by atoms with Gasteiger partial charge in [-0.25, -0.2) is 0 Å². The minimum Gasteiger partial charge on any atom is -0.396 e. The molecule has 0 fully saturated rings. The Balaban J connectivity index is 2.33. The molecule has 0 unspecified atom stereocenters. The lowest BCUT2D eigenvalue weighted by Crippen LogP contribution is -2.09. The van der Waals surface area contributed by atoms with Crippen molar-refractivity contribution in [1.29, 1.82) is 0 Å². The molecule has 0 spiro atoms. The van der Waals surface area contributed by atoms with E-state index in [4.69, 9.17) is 22.4 Å². The summed E-state index contributed by atoms with van der Waals surface area (Å²) in [6, 6.07) is 7.76. The molecule has 0 aliphatic rings. The van der Waals surface area contributed by atoms with E-state index < -0.39 is 0 Å². The lowest BCUT2D eigenvalue weighted by molar-refractivity contribution is 0.282. The summed E-state index contributed by atoms with van der Waals surface area (Å²) in [5.41, 5.74) is 7.15. The van der Waals surface area contributed by atoms with Crippen LogP contribution in [-0.4, -0.2) is 11.7 Å². The molecule has 0 saturated carbocycles. The Morgan fingerprint density at radius 2 is 1.80 bits per heavy atom. The number of hydrogen-bond donors (Lipinski definition) is 2. The number of hydrogen-bond acceptors (Lipinski definition) is 2. The first-order valence-corrected chi connectivity index (χ1v) is 5.73. The molecule has 0 heterocycles. The van der Waals surface area contributed by atoms with Crippen molar-refractivity contribution in [1.82, 2.24) is 0 Å². The standard InChI is InChI=1S/C12H18ClNO/c13-11-7-5-10(6-8-11)12(14)4-2-1-3-9-15/h5-8,12,15H,1-4,9,14H2/t12-/m0/s1. The Morgan fingerprint density at radius 3 is 2.40 bits per heavy atom. The van der Waals surface area contributed by atoms with Crippen LogP contribution in [0.5, 0.6) is 0 Å². The summed E-state index contributed by atoms with van der Waals surface area (Å²) in [6.45, 7) is 0.274. The van der Waals surface area contributed by atoms with Gasteiger partial charge in [0.25, 0.3) is 0 Å². The van der Waals surface area contributed by atoms with Crippen LogP contribution in [0.1, 0.15) is 37.3 Å². The van der Waals surface area contributed by atoms with Crippen LogP contribution in [0.4, 0.5) is 0 Å². The number of rotatable bonds is 6. The van der Waals surface area contributed by atoms with E-state index in [9.17, 15) is 0 Å². The van der Waals surface area contributed by atoms with E-state index in [1.807, 2.05) is 24.3 Å². The van der Waals surface area contributed by atoms with E-state index in [0.29, 0.717) is 0 Å². The maximum atomic E-state index is 8.63. The molecule has 0 aliphatic carbocycles. The van der Waals surface area contributed by atoms with Crippen molar-refractivity contribution < 1.29 is 5.11 Å². The van der Waals surface area contributed by atoms with E-state index >= 15 is 0 Å². The highest BCUT2D eigenvalue weighted by Gasteiger charge is 2.04. The number of halogens is 1. The third-order valence-corrected chi connectivity index (χ3v) is 2.72. The molecule has 15 heavy (non-hydrogen) atoms. The molecular weight excluding hydrogens is 210 g/mol. The summed E-state index contributed by atoms with van der Waals surface area (Å²) in [5, 5.41) is 9.38. The molecule has 0 aromatic heterocycles. The van der Waals surface area contributed by atoms with Gasteiger partial charge < -0.3 is 10.8 Å². The zero-order valence-electron chi connectivity index (χ0n) is 8.82. The summed E-state index contributed by atoms with van der Waals surface area (Å²) in [5.74, 6) is 0. The third-order valence-electron chi connectivity index (χ3n) is 2.47. The molecule has 0 aliphatic heterocycles. The topological polar surface area (TPSA) is 46.2 Å². The minimum atomic E-state index is 0.0842. The smallest absolute Gasteiger partial charge is 0.0431 e. The van der Waals surface area contributed by atoms with Crippen molar-refractivity contribution in [3.05, 3.63) is 34.9 Å². The Kier molecular flexibility index (Phi) is 5.69. The molecule has 1 aromatic carbocycles. The minimum absolute atomic E-state index is 0.0842. The van der Waals surface area contributed by atoms with Crippen molar-refractivity contribution in [3.63, 3.8) is 0 Å². The quantitative estimate of drug-likeness (QED) is 0.735. The Morgan fingerprint density at radius 1 is 1.13 bits per heavy atom. The van der Waals surface area contributed by atoms with E-state index in [2.05, 4.69) is 0 Å². The van der Waals surface area contributed by atoms with E-state index in [0.717, 1.165) is 36.3 Å². The second-order valence-electron chi connectivity index (χ2n) is 3.73. The molecule has 3 N–H and O–H groups in total. The van der Waals surface area contributed by atoms with Crippen LogP contribution in [0.25, 0.3) is 0 Å². The normalized spacial score (nSPS) is 12.7. The van der Waals surface area contributed by atoms with Crippen molar-refractivity contribution in [2.75, 3.05) is 6.61 Å². The van der Waals surface area contributed by atoms with Crippen molar-refractivity contribution in [2.45, 2.75) is 31.7 Å². The maximum Gasteiger partial charge on any atom is 0.0431 e. The summed E-state index contributed by atoms with van der Waals surface area (Å²) in [7, 11) is 0. The van der Waals surface area contributed by atoms with Crippen LogP contribution in [-0.2, 0) is 0 Å². The van der Waals surface area contributed by atoms with Crippen molar-refractivity contribution in [3.8, 4) is 0 Å². The summed E-state index contributed by atoms with van der Waals surface area (Å²) < 4.78 is 0. The van der Waals surface area contributed by atoms with Crippen molar-refractivity contribution in [2.24, 2.45) is 5.73 Å². The SMILES string of the molecule is N[C@@H](CCCCCO)c1ccc(Cl)cc1. The van der Waals surface area contributed by atoms with Gasteiger partial charge in [-0.2, -0.15) is 0 Å². The van der Waals surface area contributed by atoms with E-state index in [-0.39, 0.29) is 12.6 Å². The molecule has 84 valence electrons. The van der Waals surface area contributed by atoms with Crippen LogP contribution in [0.15, 0.2) is 24.3 Å². The Hall–Kier alpha value is -0.570. The molecule has 1 atom stereocenters. The molecule has 1 rings (SSSR count). The molecule has 3 heteroatoms. The van der Waals surface area contributed by atoms with Crippen molar-refractivity contribution >= 4 is 11.6 Å². The van der Waals surface area contributed by atoms with Gasteiger partial charge in [-0.05, 0) is 30.5 Å². The molecule has 2 nitrogen and oxygen atoms in total. The fourth-order valence-corrected chi connectivity index (χ4v) is 1.66. The van der Waals surface area contributed by atoms with Crippen LogP contribution < -0.4 is 5.73 Å². The molecule has 1 aromatic rings. The monoisotopic (exact) mass is 227 g/mol. The lowest BCUT2D eigenvalue weighted by atomic mass is 10.0. The van der Waals surface area contributed by atoms with Gasteiger partial charge in [-0.15, -0.1) is 0 Å². The predicted molar refractivity (Wildman–Crippen MR) is 63.9 cm³/mol. The van der Waals surface area contributed by atoms with Gasteiger partial charge in [-0.3, -0.25) is 0 Å². The Labute approximate surface area is 96.1 Å². The number of aliphatic hydroxyl groups excluding tert-OH is 1. The van der Waals surface area contributed by atoms with Crippen LogP contribution in [0.2, 0.25) is 5.02 Å². The average Bonchev–Trinajstić information content (AvgIpc) is 2.25. The Bertz CT molecular complexity index is 273. The van der Waals surface area contributed by atoms with Gasteiger partial charge in [0.15, 0.2) is 0 Å². The highest BCUT2D eigenvalue weighted by Crippen LogP contribution is 2.19. The average molecular weight is 228 g/mol. The van der Waals surface area contributed by atoms with Crippen LogP contribution in [0, 0.1) is 0 Å². The zero-order valence-corrected chi connectivity index (χ0v) is 9.58. The summed E-state index contributed by atoms with van der Waals surface area (Å²) >= 11 is 5.79. The van der Waals surface area contributed by atoms with Gasteiger partial charge in [0.1, 0.15) is 0 Å². The molecule has 0 amide bonds. The van der Waals surface area contributed by atoms with Gasteiger partial charge >= 0.3 is 0 Å². The van der Waals surface area contributed by atoms with E-state index in [1.165, 1.54) is 0 Å². The zero-order chi connectivity index (χ0) is 11.1. The van der Waals surface area contributed by atoms with Gasteiger partial charge in [-0.1, -0.05) is 36.6 Å². The first-order chi connectivity index (χ1) is 7.24. The van der Waals surface area contributed by atoms with Crippen LogP contribution in [0.3, 0.4) is 0 Å². The highest BCUT2D eigenvalue weighted by atomic mass is 35.5. The summed E-state index contributed by atoms with van der Waals surface area (Å²) in [4.78, 5) is 0. The predicted octanol–water partition coefficient (Wildman–Crippen LogP) is 2.89.